The molecule has 0 atom stereocenters. The zero-order valence-electron chi connectivity index (χ0n) is 17.3. The van der Waals surface area contributed by atoms with E-state index >= 15 is 0 Å². The van der Waals surface area contributed by atoms with Gasteiger partial charge in [-0.2, -0.15) is 0 Å². The molecule has 1 heterocycles. The largest absolute Gasteiger partial charge is 0.490 e. The van der Waals surface area contributed by atoms with Crippen LogP contribution >= 0.6 is 39.3 Å². The number of anilines is 1. The maximum absolute atomic E-state index is 12.8. The van der Waals surface area contributed by atoms with Crippen molar-refractivity contribution in [3.8, 4) is 11.5 Å². The number of imide groups is 1. The van der Waals surface area contributed by atoms with Crippen LogP contribution in [0.25, 0.3) is 6.08 Å². The topological polar surface area (TPSA) is 84.9 Å². The smallest absolute Gasteiger partial charge is 0.294 e. The van der Waals surface area contributed by atoms with E-state index in [1.165, 1.54) is 0 Å². The summed E-state index contributed by atoms with van der Waals surface area (Å²) in [4.78, 5) is 38.6. The minimum Gasteiger partial charge on any atom is -0.490 e. The van der Waals surface area contributed by atoms with Crippen molar-refractivity contribution < 1.29 is 23.9 Å². The van der Waals surface area contributed by atoms with Gasteiger partial charge in [-0.3, -0.25) is 19.3 Å². The van der Waals surface area contributed by atoms with Crippen LogP contribution in [0.1, 0.15) is 19.4 Å². The predicted molar refractivity (Wildman–Crippen MR) is 129 cm³/mol. The number of nitrogens with one attached hydrogen (secondary N) is 1. The summed E-state index contributed by atoms with van der Waals surface area (Å²) in [5.74, 6) is -0.168. The van der Waals surface area contributed by atoms with Gasteiger partial charge in [0.2, 0.25) is 5.91 Å². The van der Waals surface area contributed by atoms with Crippen molar-refractivity contribution in [3.63, 3.8) is 0 Å². The number of nitrogens with zero attached hydrogens (tertiary/aromatic N) is 1. The van der Waals surface area contributed by atoms with Gasteiger partial charge in [0.1, 0.15) is 6.54 Å². The summed E-state index contributed by atoms with van der Waals surface area (Å²) in [6.45, 7) is 4.10. The van der Waals surface area contributed by atoms with Gasteiger partial charge in [0.15, 0.2) is 11.5 Å². The second-order valence-electron chi connectivity index (χ2n) is 6.49. The molecule has 3 rings (SSSR count). The number of carbonyl (C=O) groups excluding carboxylic acids is 3. The number of halogens is 2. The monoisotopic (exact) mass is 538 g/mol. The fraction of sp³-hybridized carbons (Fsp3) is 0.227. The quantitative estimate of drug-likeness (QED) is 0.441. The van der Waals surface area contributed by atoms with Gasteiger partial charge in [0.25, 0.3) is 11.1 Å². The maximum Gasteiger partial charge on any atom is 0.294 e. The zero-order valence-corrected chi connectivity index (χ0v) is 20.5. The van der Waals surface area contributed by atoms with E-state index in [9.17, 15) is 14.4 Å². The molecule has 3 amide bonds. The van der Waals surface area contributed by atoms with E-state index in [0.717, 1.165) is 16.7 Å². The van der Waals surface area contributed by atoms with Crippen LogP contribution in [0.3, 0.4) is 0 Å². The highest BCUT2D eigenvalue weighted by Gasteiger charge is 2.36. The van der Waals surface area contributed by atoms with Gasteiger partial charge in [-0.1, -0.05) is 23.7 Å². The van der Waals surface area contributed by atoms with Crippen molar-refractivity contribution >= 4 is 68.1 Å². The molecule has 0 aromatic heterocycles. The van der Waals surface area contributed by atoms with Gasteiger partial charge < -0.3 is 14.8 Å². The standard InChI is InChI=1S/C22H20BrClN2O5S/c1-3-30-17-10-13(9-15(24)20(17)31-4-2)11-18-21(28)26(22(29)32-18)12-19(27)25-16-8-6-5-7-14(16)23/h5-11H,3-4,12H2,1-2H3,(H,25,27)/b18-11+. The molecule has 0 spiro atoms. The van der Waals surface area contributed by atoms with Gasteiger partial charge in [0, 0.05) is 4.47 Å². The molecule has 0 saturated carbocycles. The lowest BCUT2D eigenvalue weighted by Gasteiger charge is -2.14. The van der Waals surface area contributed by atoms with Gasteiger partial charge in [-0.05, 0) is 77.4 Å². The fourth-order valence-electron chi connectivity index (χ4n) is 2.90. The Bertz CT molecular complexity index is 1090. The molecule has 7 nitrogen and oxygen atoms in total. The van der Waals surface area contributed by atoms with E-state index in [-0.39, 0.29) is 4.91 Å². The number of benzene rings is 2. The normalized spacial score (nSPS) is 14.8. The highest BCUT2D eigenvalue weighted by atomic mass is 79.9. The summed E-state index contributed by atoms with van der Waals surface area (Å²) >= 11 is 10.4. The van der Waals surface area contributed by atoms with E-state index in [4.69, 9.17) is 21.1 Å². The lowest BCUT2D eigenvalue weighted by molar-refractivity contribution is -0.127. The van der Waals surface area contributed by atoms with Crippen molar-refractivity contribution in [3.05, 3.63) is 56.4 Å². The molecule has 0 unspecified atom stereocenters. The van der Waals surface area contributed by atoms with Crippen LogP contribution in [0.4, 0.5) is 10.5 Å². The van der Waals surface area contributed by atoms with E-state index < -0.39 is 23.6 Å². The van der Waals surface area contributed by atoms with E-state index in [0.29, 0.717) is 45.5 Å². The Morgan fingerprint density at radius 2 is 1.91 bits per heavy atom. The molecule has 168 valence electrons. The van der Waals surface area contributed by atoms with Gasteiger partial charge in [-0.25, -0.2) is 0 Å². The Balaban J connectivity index is 1.78. The first-order chi connectivity index (χ1) is 15.3. The lowest BCUT2D eigenvalue weighted by atomic mass is 10.1. The molecule has 1 aliphatic rings. The minimum atomic E-state index is -0.551. The minimum absolute atomic E-state index is 0.186. The highest BCUT2D eigenvalue weighted by molar-refractivity contribution is 9.10. The molecule has 10 heteroatoms. The first-order valence-electron chi connectivity index (χ1n) is 9.72. The van der Waals surface area contributed by atoms with Crippen molar-refractivity contribution in [2.45, 2.75) is 13.8 Å². The third-order valence-corrected chi connectivity index (χ3v) is 6.12. The average Bonchev–Trinajstić information content (AvgIpc) is 3.00. The zero-order chi connectivity index (χ0) is 23.3. The fourth-order valence-corrected chi connectivity index (χ4v) is 4.40. The summed E-state index contributed by atoms with van der Waals surface area (Å²) < 4.78 is 11.8. The van der Waals surface area contributed by atoms with Crippen molar-refractivity contribution in [2.24, 2.45) is 0 Å². The van der Waals surface area contributed by atoms with E-state index in [1.807, 2.05) is 19.9 Å². The molecular formula is C22H20BrClN2O5S. The Kier molecular flexibility index (Phi) is 8.22. The SMILES string of the molecule is CCOc1cc(/C=C2/SC(=O)N(CC(=O)Nc3ccccc3Br)C2=O)cc(Cl)c1OCC. The van der Waals surface area contributed by atoms with Crippen LogP contribution in [-0.4, -0.2) is 41.7 Å². The average molecular weight is 540 g/mol. The lowest BCUT2D eigenvalue weighted by Crippen LogP contribution is -2.36. The second kappa shape index (κ2) is 10.9. The number of hydrogen-bond donors (Lipinski definition) is 1. The number of thioether (sulfide) groups is 1. The number of amides is 3. The number of rotatable bonds is 8. The first kappa shape index (κ1) is 24.2. The van der Waals surface area contributed by atoms with E-state index in [1.54, 1.807) is 36.4 Å². The van der Waals surface area contributed by atoms with Crippen molar-refractivity contribution in [1.82, 2.24) is 4.90 Å². The number of para-hydroxylation sites is 1. The molecule has 1 aliphatic heterocycles. The van der Waals surface area contributed by atoms with Crippen LogP contribution in [0, 0.1) is 0 Å². The molecule has 1 saturated heterocycles. The Labute approximate surface area is 203 Å². The van der Waals surface area contributed by atoms with Crippen LogP contribution in [0.15, 0.2) is 45.8 Å². The number of hydrogen-bond acceptors (Lipinski definition) is 6. The summed E-state index contributed by atoms with van der Waals surface area (Å²) in [5.41, 5.74) is 1.12. The molecule has 0 radical (unpaired) electrons. The van der Waals surface area contributed by atoms with Crippen molar-refractivity contribution in [2.75, 3.05) is 25.1 Å². The summed E-state index contributed by atoms with van der Waals surface area (Å²) in [5, 5.41) is 2.49. The Morgan fingerprint density at radius 1 is 1.19 bits per heavy atom. The molecule has 0 bridgehead atoms. The van der Waals surface area contributed by atoms with Crippen molar-refractivity contribution in [1.29, 1.82) is 0 Å². The molecule has 2 aromatic carbocycles. The number of carbonyl (C=O) groups is 3. The predicted octanol–water partition coefficient (Wildman–Crippen LogP) is 5.57. The molecule has 1 N–H and O–H groups in total. The highest BCUT2D eigenvalue weighted by Crippen LogP contribution is 2.39. The number of ether oxygens (including phenoxy) is 2. The first-order valence-corrected chi connectivity index (χ1v) is 11.7. The van der Waals surface area contributed by atoms with Crippen LogP contribution in [0.2, 0.25) is 5.02 Å². The maximum atomic E-state index is 12.8. The molecule has 2 aromatic rings. The van der Waals surface area contributed by atoms with E-state index in [2.05, 4.69) is 21.2 Å². The van der Waals surface area contributed by atoms with Crippen LogP contribution in [-0.2, 0) is 9.59 Å². The van der Waals surface area contributed by atoms with Gasteiger partial charge in [0.05, 0.1) is 28.8 Å². The molecule has 1 fully saturated rings. The molecule has 0 aliphatic carbocycles. The van der Waals surface area contributed by atoms with Crippen LogP contribution in [0.5, 0.6) is 11.5 Å². The summed E-state index contributed by atoms with van der Waals surface area (Å²) in [6, 6.07) is 10.4. The van der Waals surface area contributed by atoms with Gasteiger partial charge in [-0.15, -0.1) is 0 Å². The third-order valence-electron chi connectivity index (χ3n) is 4.24. The Morgan fingerprint density at radius 3 is 2.59 bits per heavy atom. The molecular weight excluding hydrogens is 520 g/mol. The Hall–Kier alpha value is -2.49. The third kappa shape index (κ3) is 5.65. The van der Waals surface area contributed by atoms with Crippen LogP contribution < -0.4 is 14.8 Å². The molecule has 32 heavy (non-hydrogen) atoms. The summed E-state index contributed by atoms with van der Waals surface area (Å²) in [6.07, 6.45) is 1.54. The second-order valence-corrected chi connectivity index (χ2v) is 8.75. The summed E-state index contributed by atoms with van der Waals surface area (Å²) in [7, 11) is 0. The van der Waals surface area contributed by atoms with Gasteiger partial charge >= 0.3 is 0 Å².